The molecule has 0 aliphatic heterocycles. The highest BCUT2D eigenvalue weighted by Gasteiger charge is 1.96. The van der Waals surface area contributed by atoms with E-state index in [-0.39, 0.29) is 10.9 Å². The minimum absolute atomic E-state index is 0.125. The van der Waals surface area contributed by atoms with Gasteiger partial charge in [-0.1, -0.05) is 11.3 Å². The van der Waals surface area contributed by atoms with Gasteiger partial charge < -0.3 is 10.2 Å². The molecule has 0 atom stereocenters. The first-order chi connectivity index (χ1) is 3.30. The largest absolute Gasteiger partial charge is 0.496 e. The van der Waals surface area contributed by atoms with Gasteiger partial charge in [0.25, 0.3) is 5.88 Å². The number of aromatic hydroxyl groups is 2. The Balaban J connectivity index is 3.12. The lowest BCUT2D eigenvalue weighted by Gasteiger charge is -1.76. The molecule has 0 saturated carbocycles. The van der Waals surface area contributed by atoms with E-state index in [4.69, 9.17) is 10.2 Å². The van der Waals surface area contributed by atoms with Crippen molar-refractivity contribution in [2.75, 3.05) is 0 Å². The van der Waals surface area contributed by atoms with Gasteiger partial charge in [-0.05, 0) is 0 Å². The van der Waals surface area contributed by atoms with E-state index in [0.29, 0.717) is 0 Å². The molecule has 0 aromatic carbocycles. The fraction of sp³-hybridized carbons (Fsp3) is 0. The molecule has 0 aliphatic rings. The standard InChI is InChI=1S/C3H3NO2S/c5-2-3(6)7-1-4-2/h1,5-6H. The Morgan fingerprint density at radius 3 is 2.43 bits per heavy atom. The molecule has 0 aliphatic carbocycles. The summed E-state index contributed by atoms with van der Waals surface area (Å²) >= 11 is 0.999. The molecule has 1 heterocycles. The summed E-state index contributed by atoms with van der Waals surface area (Å²) in [5, 5.41) is 16.7. The van der Waals surface area contributed by atoms with Crippen molar-refractivity contribution in [1.29, 1.82) is 0 Å². The first-order valence-corrected chi connectivity index (χ1v) is 2.50. The molecule has 4 heteroatoms. The Labute approximate surface area is 43.9 Å². The monoisotopic (exact) mass is 117 g/mol. The lowest BCUT2D eigenvalue weighted by atomic mass is 10.9. The third kappa shape index (κ3) is 0.640. The summed E-state index contributed by atoms with van der Waals surface area (Å²) in [7, 11) is 0. The van der Waals surface area contributed by atoms with Crippen molar-refractivity contribution >= 4 is 11.3 Å². The molecule has 1 rings (SSSR count). The van der Waals surface area contributed by atoms with Crippen molar-refractivity contribution in [3.8, 4) is 10.9 Å². The van der Waals surface area contributed by atoms with Crippen LogP contribution >= 0.6 is 11.3 Å². The lowest BCUT2D eigenvalue weighted by molar-refractivity contribution is 0.401. The van der Waals surface area contributed by atoms with Gasteiger partial charge >= 0.3 is 0 Å². The van der Waals surface area contributed by atoms with E-state index < -0.39 is 0 Å². The van der Waals surface area contributed by atoms with E-state index in [1.807, 2.05) is 0 Å². The molecule has 7 heavy (non-hydrogen) atoms. The first kappa shape index (κ1) is 4.39. The van der Waals surface area contributed by atoms with Crippen LogP contribution in [0, 0.1) is 0 Å². The van der Waals surface area contributed by atoms with Crippen molar-refractivity contribution in [2.45, 2.75) is 0 Å². The Hall–Kier alpha value is -0.770. The van der Waals surface area contributed by atoms with Crippen LogP contribution in [0.4, 0.5) is 0 Å². The van der Waals surface area contributed by atoms with Gasteiger partial charge in [0.15, 0.2) is 0 Å². The summed E-state index contributed by atoms with van der Waals surface area (Å²) in [6, 6.07) is 0. The summed E-state index contributed by atoms with van der Waals surface area (Å²) < 4.78 is 0. The molecule has 0 spiro atoms. The fourth-order valence-corrected chi connectivity index (χ4v) is 0.645. The van der Waals surface area contributed by atoms with Crippen LogP contribution in [0.5, 0.6) is 10.9 Å². The quantitative estimate of drug-likeness (QED) is 0.522. The normalized spacial score (nSPS) is 9.14. The fourth-order valence-electron chi connectivity index (χ4n) is 0.234. The third-order valence-corrected chi connectivity index (χ3v) is 1.15. The maximum Gasteiger partial charge on any atom is 0.266 e. The second kappa shape index (κ2) is 1.38. The molecule has 38 valence electrons. The van der Waals surface area contributed by atoms with E-state index in [9.17, 15) is 0 Å². The number of hydrogen-bond donors (Lipinski definition) is 2. The highest BCUT2D eigenvalue weighted by molar-refractivity contribution is 7.11. The summed E-state index contributed by atoms with van der Waals surface area (Å²) in [6.07, 6.45) is 0. The Bertz CT molecular complexity index is 145. The van der Waals surface area contributed by atoms with E-state index in [1.165, 1.54) is 5.51 Å². The second-order valence-corrected chi connectivity index (χ2v) is 1.81. The van der Waals surface area contributed by atoms with E-state index in [2.05, 4.69) is 4.98 Å². The van der Waals surface area contributed by atoms with Crippen LogP contribution in [-0.4, -0.2) is 15.2 Å². The molecular formula is C3H3NO2S. The number of hydrogen-bond acceptors (Lipinski definition) is 4. The Morgan fingerprint density at radius 1 is 1.57 bits per heavy atom. The van der Waals surface area contributed by atoms with Gasteiger partial charge in [0, 0.05) is 0 Å². The molecule has 0 bridgehead atoms. The molecule has 1 aromatic rings. The Morgan fingerprint density at radius 2 is 2.29 bits per heavy atom. The molecule has 1 aromatic heterocycles. The SMILES string of the molecule is Oc1ncsc1O. The van der Waals surface area contributed by atoms with Crippen LogP contribution in [0.3, 0.4) is 0 Å². The van der Waals surface area contributed by atoms with Gasteiger partial charge in [0.2, 0.25) is 5.06 Å². The molecule has 2 N–H and O–H groups in total. The second-order valence-electron chi connectivity index (χ2n) is 0.981. The van der Waals surface area contributed by atoms with Gasteiger partial charge in [0.1, 0.15) is 0 Å². The average Bonchev–Trinajstić information content (AvgIpc) is 1.91. The molecule has 0 unspecified atom stereocenters. The van der Waals surface area contributed by atoms with Crippen LogP contribution in [0.2, 0.25) is 0 Å². The van der Waals surface area contributed by atoms with Gasteiger partial charge in [0.05, 0.1) is 5.51 Å². The zero-order valence-corrected chi connectivity index (χ0v) is 4.14. The van der Waals surface area contributed by atoms with E-state index >= 15 is 0 Å². The van der Waals surface area contributed by atoms with Crippen molar-refractivity contribution in [1.82, 2.24) is 4.98 Å². The molecule has 0 fully saturated rings. The molecule has 0 saturated heterocycles. The molecule has 0 amide bonds. The summed E-state index contributed by atoms with van der Waals surface area (Å²) in [5.41, 5.74) is 1.37. The third-order valence-electron chi connectivity index (χ3n) is 0.531. The number of nitrogens with zero attached hydrogens (tertiary/aromatic N) is 1. The van der Waals surface area contributed by atoms with Gasteiger partial charge in [-0.2, -0.15) is 0 Å². The molecule has 3 nitrogen and oxygen atoms in total. The molecule has 0 radical (unpaired) electrons. The zero-order chi connectivity index (χ0) is 5.28. The first-order valence-electron chi connectivity index (χ1n) is 1.62. The summed E-state index contributed by atoms with van der Waals surface area (Å²) in [4.78, 5) is 3.34. The average molecular weight is 117 g/mol. The van der Waals surface area contributed by atoms with Crippen molar-refractivity contribution in [3.63, 3.8) is 0 Å². The zero-order valence-electron chi connectivity index (χ0n) is 3.33. The van der Waals surface area contributed by atoms with Crippen LogP contribution < -0.4 is 0 Å². The smallest absolute Gasteiger partial charge is 0.266 e. The predicted molar refractivity (Wildman–Crippen MR) is 25.4 cm³/mol. The Kier molecular flexibility index (Phi) is 0.867. The topological polar surface area (TPSA) is 53.4 Å². The summed E-state index contributed by atoms with van der Waals surface area (Å²) in [5.74, 6) is -0.287. The van der Waals surface area contributed by atoms with E-state index in [0.717, 1.165) is 11.3 Å². The van der Waals surface area contributed by atoms with Crippen LogP contribution in [0.15, 0.2) is 5.51 Å². The molecular weight excluding hydrogens is 114 g/mol. The van der Waals surface area contributed by atoms with Crippen molar-refractivity contribution < 1.29 is 10.2 Å². The minimum atomic E-state index is -0.287. The van der Waals surface area contributed by atoms with Gasteiger partial charge in [-0.25, -0.2) is 4.98 Å². The van der Waals surface area contributed by atoms with Gasteiger partial charge in [-0.3, -0.25) is 0 Å². The number of thiazole rings is 1. The maximum atomic E-state index is 8.47. The van der Waals surface area contributed by atoms with Crippen LogP contribution in [-0.2, 0) is 0 Å². The van der Waals surface area contributed by atoms with Crippen LogP contribution in [0.25, 0.3) is 0 Å². The highest BCUT2D eigenvalue weighted by atomic mass is 32.1. The van der Waals surface area contributed by atoms with Crippen molar-refractivity contribution in [3.05, 3.63) is 5.51 Å². The number of aromatic nitrogens is 1. The minimum Gasteiger partial charge on any atom is -0.496 e. The van der Waals surface area contributed by atoms with Crippen LogP contribution in [0.1, 0.15) is 0 Å². The number of rotatable bonds is 0. The lowest BCUT2D eigenvalue weighted by Crippen LogP contribution is -1.56. The predicted octanol–water partition coefficient (Wildman–Crippen LogP) is 0.554. The van der Waals surface area contributed by atoms with E-state index in [1.54, 1.807) is 0 Å². The van der Waals surface area contributed by atoms with Gasteiger partial charge in [-0.15, -0.1) is 0 Å². The maximum absolute atomic E-state index is 8.47. The highest BCUT2D eigenvalue weighted by Crippen LogP contribution is 2.25. The van der Waals surface area contributed by atoms with Crippen molar-refractivity contribution in [2.24, 2.45) is 0 Å². The summed E-state index contributed by atoms with van der Waals surface area (Å²) in [6.45, 7) is 0.